The van der Waals surface area contributed by atoms with Crippen molar-refractivity contribution in [1.29, 1.82) is 0 Å². The van der Waals surface area contributed by atoms with E-state index in [2.05, 4.69) is 39.9 Å². The van der Waals surface area contributed by atoms with E-state index < -0.39 is 0 Å². The Bertz CT molecular complexity index is 141. The minimum atomic E-state index is 0.322. The van der Waals surface area contributed by atoms with Crippen molar-refractivity contribution in [3.63, 3.8) is 0 Å². The molecule has 14 heavy (non-hydrogen) atoms. The van der Waals surface area contributed by atoms with Crippen LogP contribution in [-0.2, 0) is 0 Å². The van der Waals surface area contributed by atoms with E-state index in [1.807, 2.05) is 0 Å². The van der Waals surface area contributed by atoms with Crippen LogP contribution in [0.5, 0.6) is 0 Å². The Kier molecular flexibility index (Phi) is 6.38. The van der Waals surface area contributed by atoms with E-state index in [-0.39, 0.29) is 0 Å². The zero-order chi connectivity index (χ0) is 11.2. The third-order valence-corrected chi connectivity index (χ3v) is 3.21. The topological polar surface area (TPSA) is 38.0 Å². The zero-order valence-electron chi connectivity index (χ0n) is 10.6. The first-order valence-electron chi connectivity index (χ1n) is 5.86. The molecule has 1 unspecified atom stereocenters. The Labute approximate surface area is 89.6 Å². The second-order valence-electron chi connectivity index (χ2n) is 5.32. The molecular weight excluding hydrogens is 172 g/mol. The van der Waals surface area contributed by atoms with Gasteiger partial charge in [-0.15, -0.1) is 0 Å². The van der Waals surface area contributed by atoms with Crippen LogP contribution in [0.2, 0.25) is 0 Å². The van der Waals surface area contributed by atoms with Gasteiger partial charge >= 0.3 is 0 Å². The standard InChI is InChI=1S/C12H28N2/c1-6-7-11(13)8-14-9-12(4,5)10(2)3/h10-11,14H,6-9,13H2,1-5H3. The summed E-state index contributed by atoms with van der Waals surface area (Å²) in [6.45, 7) is 13.3. The average Bonchev–Trinajstić information content (AvgIpc) is 2.04. The van der Waals surface area contributed by atoms with E-state index in [0.29, 0.717) is 17.4 Å². The summed E-state index contributed by atoms with van der Waals surface area (Å²) in [7, 11) is 0. The van der Waals surface area contributed by atoms with Gasteiger partial charge in [0, 0.05) is 19.1 Å². The predicted molar refractivity (Wildman–Crippen MR) is 64.4 cm³/mol. The highest BCUT2D eigenvalue weighted by atomic mass is 14.9. The lowest BCUT2D eigenvalue weighted by atomic mass is 9.81. The minimum absolute atomic E-state index is 0.322. The molecule has 0 rings (SSSR count). The second kappa shape index (κ2) is 6.41. The van der Waals surface area contributed by atoms with E-state index in [1.165, 1.54) is 6.42 Å². The summed E-state index contributed by atoms with van der Waals surface area (Å²) in [6, 6.07) is 0.322. The molecule has 0 aromatic heterocycles. The lowest BCUT2D eigenvalue weighted by Gasteiger charge is -2.30. The lowest BCUT2D eigenvalue weighted by molar-refractivity contribution is 0.236. The number of nitrogens with one attached hydrogen (secondary N) is 1. The number of rotatable bonds is 7. The largest absolute Gasteiger partial charge is 0.327 e. The summed E-state index contributed by atoms with van der Waals surface area (Å²) in [4.78, 5) is 0. The highest BCUT2D eigenvalue weighted by Crippen LogP contribution is 2.24. The molecule has 0 amide bonds. The smallest absolute Gasteiger partial charge is 0.0165 e. The Morgan fingerprint density at radius 1 is 1.29 bits per heavy atom. The molecule has 0 heterocycles. The third kappa shape index (κ3) is 5.61. The van der Waals surface area contributed by atoms with Gasteiger partial charge in [-0.3, -0.25) is 0 Å². The lowest BCUT2D eigenvalue weighted by Crippen LogP contribution is -2.40. The van der Waals surface area contributed by atoms with Crippen molar-refractivity contribution in [3.05, 3.63) is 0 Å². The van der Waals surface area contributed by atoms with Gasteiger partial charge in [0.2, 0.25) is 0 Å². The summed E-state index contributed by atoms with van der Waals surface area (Å²) in [5, 5.41) is 3.47. The molecule has 0 radical (unpaired) electrons. The van der Waals surface area contributed by atoms with Gasteiger partial charge in [-0.05, 0) is 17.8 Å². The third-order valence-electron chi connectivity index (χ3n) is 3.21. The number of nitrogens with two attached hydrogens (primary N) is 1. The summed E-state index contributed by atoms with van der Waals surface area (Å²) in [6.07, 6.45) is 2.30. The van der Waals surface area contributed by atoms with Gasteiger partial charge in [-0.25, -0.2) is 0 Å². The molecule has 3 N–H and O–H groups in total. The Morgan fingerprint density at radius 3 is 2.29 bits per heavy atom. The molecule has 0 spiro atoms. The van der Waals surface area contributed by atoms with Crippen molar-refractivity contribution in [2.45, 2.75) is 53.5 Å². The molecule has 0 fully saturated rings. The number of hydrogen-bond donors (Lipinski definition) is 2. The van der Waals surface area contributed by atoms with E-state index in [1.54, 1.807) is 0 Å². The molecule has 2 nitrogen and oxygen atoms in total. The Morgan fingerprint density at radius 2 is 1.86 bits per heavy atom. The van der Waals surface area contributed by atoms with E-state index >= 15 is 0 Å². The van der Waals surface area contributed by atoms with Crippen LogP contribution in [0.25, 0.3) is 0 Å². The van der Waals surface area contributed by atoms with Gasteiger partial charge in [-0.1, -0.05) is 41.0 Å². The van der Waals surface area contributed by atoms with Crippen molar-refractivity contribution < 1.29 is 0 Å². The van der Waals surface area contributed by atoms with Crippen LogP contribution >= 0.6 is 0 Å². The van der Waals surface area contributed by atoms with Gasteiger partial charge in [0.25, 0.3) is 0 Å². The highest BCUT2D eigenvalue weighted by molar-refractivity contribution is 4.76. The van der Waals surface area contributed by atoms with Gasteiger partial charge in [0.1, 0.15) is 0 Å². The predicted octanol–water partition coefficient (Wildman–Crippen LogP) is 2.39. The maximum atomic E-state index is 5.93. The van der Waals surface area contributed by atoms with Gasteiger partial charge in [-0.2, -0.15) is 0 Å². The quantitative estimate of drug-likeness (QED) is 0.662. The van der Waals surface area contributed by atoms with Crippen molar-refractivity contribution in [1.82, 2.24) is 5.32 Å². The fourth-order valence-electron chi connectivity index (χ4n) is 1.26. The second-order valence-corrected chi connectivity index (χ2v) is 5.32. The van der Waals surface area contributed by atoms with Crippen LogP contribution in [0.4, 0.5) is 0 Å². The monoisotopic (exact) mass is 200 g/mol. The maximum absolute atomic E-state index is 5.93. The molecule has 0 saturated carbocycles. The SMILES string of the molecule is CCCC(N)CNCC(C)(C)C(C)C. The molecule has 0 aliphatic carbocycles. The van der Waals surface area contributed by atoms with Crippen LogP contribution in [0.15, 0.2) is 0 Å². The summed E-state index contributed by atoms with van der Waals surface area (Å²) in [5.41, 5.74) is 6.29. The van der Waals surface area contributed by atoms with E-state index in [0.717, 1.165) is 19.5 Å². The van der Waals surface area contributed by atoms with Gasteiger partial charge < -0.3 is 11.1 Å². The molecule has 0 aliphatic heterocycles. The molecule has 1 atom stereocenters. The molecule has 0 aromatic carbocycles. The Balaban J connectivity index is 3.62. The molecule has 0 aliphatic rings. The van der Waals surface area contributed by atoms with E-state index in [4.69, 9.17) is 5.73 Å². The normalized spacial score (nSPS) is 14.8. The van der Waals surface area contributed by atoms with Gasteiger partial charge in [0.05, 0.1) is 0 Å². The first-order chi connectivity index (χ1) is 6.40. The Hall–Kier alpha value is -0.0800. The van der Waals surface area contributed by atoms with Crippen LogP contribution in [0.3, 0.4) is 0 Å². The molecule has 86 valence electrons. The zero-order valence-corrected chi connectivity index (χ0v) is 10.6. The van der Waals surface area contributed by atoms with Crippen molar-refractivity contribution in [2.24, 2.45) is 17.1 Å². The molecule has 0 bridgehead atoms. The summed E-state index contributed by atoms with van der Waals surface area (Å²) >= 11 is 0. The first-order valence-corrected chi connectivity index (χ1v) is 5.86. The van der Waals surface area contributed by atoms with Crippen LogP contribution in [0.1, 0.15) is 47.5 Å². The summed E-state index contributed by atoms with van der Waals surface area (Å²) in [5.74, 6) is 0.706. The van der Waals surface area contributed by atoms with Crippen LogP contribution in [-0.4, -0.2) is 19.1 Å². The van der Waals surface area contributed by atoms with Gasteiger partial charge in [0.15, 0.2) is 0 Å². The van der Waals surface area contributed by atoms with Crippen LogP contribution < -0.4 is 11.1 Å². The average molecular weight is 200 g/mol. The fraction of sp³-hybridized carbons (Fsp3) is 1.00. The van der Waals surface area contributed by atoms with Crippen molar-refractivity contribution in [3.8, 4) is 0 Å². The molecule has 0 aromatic rings. The van der Waals surface area contributed by atoms with Crippen molar-refractivity contribution in [2.75, 3.05) is 13.1 Å². The molecular formula is C12H28N2. The fourth-order valence-corrected chi connectivity index (χ4v) is 1.26. The maximum Gasteiger partial charge on any atom is 0.0165 e. The van der Waals surface area contributed by atoms with Crippen molar-refractivity contribution >= 4 is 0 Å². The first kappa shape index (κ1) is 13.9. The summed E-state index contributed by atoms with van der Waals surface area (Å²) < 4.78 is 0. The highest BCUT2D eigenvalue weighted by Gasteiger charge is 2.21. The number of hydrogen-bond acceptors (Lipinski definition) is 2. The minimum Gasteiger partial charge on any atom is -0.327 e. The van der Waals surface area contributed by atoms with Crippen LogP contribution in [0, 0.1) is 11.3 Å². The van der Waals surface area contributed by atoms with E-state index in [9.17, 15) is 0 Å². The molecule has 2 heteroatoms. The molecule has 0 saturated heterocycles.